The summed E-state index contributed by atoms with van der Waals surface area (Å²) < 4.78 is 11.3. The first-order chi connectivity index (χ1) is 12.4. The van der Waals surface area contributed by atoms with E-state index in [1.165, 1.54) is 36.9 Å². The molecule has 1 aliphatic carbocycles. The molecule has 0 aliphatic heterocycles. The molecule has 6 nitrogen and oxygen atoms in total. The van der Waals surface area contributed by atoms with Gasteiger partial charge in [-0.1, -0.05) is 0 Å². The highest BCUT2D eigenvalue weighted by Crippen LogP contribution is 2.46. The molecule has 1 atom stereocenters. The van der Waals surface area contributed by atoms with Crippen LogP contribution in [0.4, 0.5) is 5.00 Å². The second kappa shape index (κ2) is 7.79. The van der Waals surface area contributed by atoms with Crippen molar-refractivity contribution < 1.29 is 23.9 Å². The van der Waals surface area contributed by atoms with E-state index in [4.69, 9.17) is 9.47 Å². The first-order valence-electron chi connectivity index (χ1n) is 7.45. The molecule has 0 aromatic carbocycles. The number of ether oxygens (including phenoxy) is 2. The third-order valence-corrected chi connectivity index (χ3v) is 8.44. The molecule has 26 heavy (non-hydrogen) atoms. The lowest BCUT2D eigenvalue weighted by atomic mass is 9.99. The Kier molecular flexibility index (Phi) is 5.85. The minimum Gasteiger partial charge on any atom is -0.469 e. The summed E-state index contributed by atoms with van der Waals surface area (Å²) in [6, 6.07) is 1.69. The van der Waals surface area contributed by atoms with Crippen molar-refractivity contribution in [2.45, 2.75) is 18.8 Å². The summed E-state index contributed by atoms with van der Waals surface area (Å²) in [6.45, 7) is 0. The van der Waals surface area contributed by atoms with E-state index in [1.54, 1.807) is 6.07 Å². The van der Waals surface area contributed by atoms with Crippen LogP contribution < -0.4 is 5.32 Å². The number of anilines is 1. The van der Waals surface area contributed by atoms with Crippen LogP contribution in [0.1, 0.15) is 42.8 Å². The van der Waals surface area contributed by atoms with Crippen LogP contribution in [0.5, 0.6) is 0 Å². The van der Waals surface area contributed by atoms with E-state index in [0.717, 1.165) is 13.1 Å². The normalized spacial score (nSPS) is 15.5. The van der Waals surface area contributed by atoms with Gasteiger partial charge in [0.05, 0.1) is 34.4 Å². The van der Waals surface area contributed by atoms with E-state index in [0.29, 0.717) is 28.3 Å². The van der Waals surface area contributed by atoms with Gasteiger partial charge in [-0.3, -0.25) is 9.59 Å². The van der Waals surface area contributed by atoms with Gasteiger partial charge in [-0.2, -0.15) is 0 Å². The lowest BCUT2D eigenvalue weighted by Gasteiger charge is -2.11. The van der Waals surface area contributed by atoms with Crippen LogP contribution in [0.25, 0.3) is 0 Å². The molecule has 0 fully saturated rings. The number of hydrogen-bond acceptors (Lipinski definition) is 7. The van der Waals surface area contributed by atoms with E-state index in [-0.39, 0.29) is 11.5 Å². The van der Waals surface area contributed by atoms with Gasteiger partial charge in [0.1, 0.15) is 5.00 Å². The van der Waals surface area contributed by atoms with Gasteiger partial charge < -0.3 is 14.8 Å². The van der Waals surface area contributed by atoms with Crippen molar-refractivity contribution in [3.8, 4) is 0 Å². The molecule has 0 bridgehead atoms. The zero-order valence-electron chi connectivity index (χ0n) is 13.7. The maximum absolute atomic E-state index is 12.6. The first kappa shape index (κ1) is 19.5. The lowest BCUT2D eigenvalue weighted by molar-refractivity contribution is -0.142. The van der Waals surface area contributed by atoms with E-state index < -0.39 is 17.9 Å². The number of nitrogens with one attached hydrogen (secondary N) is 1. The van der Waals surface area contributed by atoms with Crippen molar-refractivity contribution in [1.29, 1.82) is 0 Å². The van der Waals surface area contributed by atoms with Crippen LogP contribution in [-0.2, 0) is 20.7 Å². The second-order valence-electron chi connectivity index (χ2n) is 5.44. The number of carbonyl (C=O) groups excluding carboxylic acids is 3. The maximum Gasteiger partial charge on any atom is 0.341 e. The molecule has 1 unspecified atom stereocenters. The van der Waals surface area contributed by atoms with E-state index in [1.807, 2.05) is 0 Å². The number of aryl methyl sites for hydroxylation is 1. The van der Waals surface area contributed by atoms with Crippen molar-refractivity contribution in [2.24, 2.45) is 0 Å². The average molecular weight is 523 g/mol. The van der Waals surface area contributed by atoms with Gasteiger partial charge in [0.25, 0.3) is 5.91 Å². The highest BCUT2D eigenvalue weighted by Gasteiger charge is 2.38. The summed E-state index contributed by atoms with van der Waals surface area (Å²) in [6.07, 6.45) is 1.23. The molecular weight excluding hydrogens is 510 g/mol. The summed E-state index contributed by atoms with van der Waals surface area (Å²) >= 11 is 9.27. The topological polar surface area (TPSA) is 81.7 Å². The summed E-state index contributed by atoms with van der Waals surface area (Å²) in [5.41, 5.74) is 0.848. The molecule has 0 spiro atoms. The van der Waals surface area contributed by atoms with Gasteiger partial charge >= 0.3 is 11.9 Å². The van der Waals surface area contributed by atoms with Gasteiger partial charge in [-0.15, -0.1) is 22.7 Å². The molecule has 0 saturated carbocycles. The van der Waals surface area contributed by atoms with Crippen LogP contribution >= 0.6 is 54.5 Å². The van der Waals surface area contributed by atoms with E-state index >= 15 is 0 Å². The Bertz CT molecular complexity index is 885. The summed E-state index contributed by atoms with van der Waals surface area (Å²) in [5.74, 6) is -1.82. The highest BCUT2D eigenvalue weighted by atomic mass is 79.9. The number of esters is 2. The minimum atomic E-state index is -0.581. The molecule has 1 N–H and O–H groups in total. The Morgan fingerprint density at radius 1 is 1.19 bits per heavy atom. The van der Waals surface area contributed by atoms with E-state index in [2.05, 4.69) is 37.2 Å². The molecule has 138 valence electrons. The number of carbonyl (C=O) groups is 3. The largest absolute Gasteiger partial charge is 0.469 e. The third kappa shape index (κ3) is 3.47. The molecule has 2 aromatic heterocycles. The van der Waals surface area contributed by atoms with Crippen LogP contribution in [0.2, 0.25) is 0 Å². The molecule has 1 aliphatic rings. The Morgan fingerprint density at radius 2 is 1.92 bits per heavy atom. The smallest absolute Gasteiger partial charge is 0.341 e. The second-order valence-corrected chi connectivity index (χ2v) is 9.77. The van der Waals surface area contributed by atoms with Gasteiger partial charge in [0.2, 0.25) is 0 Å². The van der Waals surface area contributed by atoms with Crippen molar-refractivity contribution >= 4 is 77.4 Å². The summed E-state index contributed by atoms with van der Waals surface area (Å²) in [5, 5.41) is 3.17. The number of thiophene rings is 2. The number of rotatable bonds is 4. The Labute approximate surface area is 174 Å². The Morgan fingerprint density at radius 3 is 2.50 bits per heavy atom. The van der Waals surface area contributed by atoms with Crippen molar-refractivity contribution in [3.63, 3.8) is 0 Å². The van der Waals surface area contributed by atoms with Crippen molar-refractivity contribution in [1.82, 2.24) is 0 Å². The number of fused-ring (bicyclic) bond motifs is 1. The summed E-state index contributed by atoms with van der Waals surface area (Å²) in [4.78, 5) is 38.4. The Balaban J connectivity index is 1.99. The standard InChI is InChI=1S/C16H13Br2NO5S2/c1-23-15(21)6-3-4-8-10(6)11(16(22)24-2)14(26-8)19-13(20)9-5-7(17)12(18)25-9/h5-6H,3-4H2,1-2H3,(H,19,20). The predicted octanol–water partition coefficient (Wildman–Crippen LogP) is 4.58. The third-order valence-electron chi connectivity index (χ3n) is 4.00. The number of methoxy groups -OCH3 is 2. The van der Waals surface area contributed by atoms with Gasteiger partial charge in [0.15, 0.2) is 0 Å². The van der Waals surface area contributed by atoms with Crippen LogP contribution in [0.3, 0.4) is 0 Å². The SMILES string of the molecule is COC(=O)c1c(NC(=O)c2cc(Br)c(Br)s2)sc2c1C(C(=O)OC)CC2. The van der Waals surface area contributed by atoms with Crippen LogP contribution in [0.15, 0.2) is 14.3 Å². The zero-order chi connectivity index (χ0) is 19.0. The van der Waals surface area contributed by atoms with Crippen molar-refractivity contribution in [2.75, 3.05) is 19.5 Å². The van der Waals surface area contributed by atoms with Gasteiger partial charge in [-0.25, -0.2) is 4.79 Å². The maximum atomic E-state index is 12.6. The molecule has 10 heteroatoms. The number of halogens is 2. The van der Waals surface area contributed by atoms with Gasteiger partial charge in [0, 0.05) is 9.35 Å². The first-order valence-corrected chi connectivity index (χ1v) is 10.7. The molecular formula is C16H13Br2NO5S2. The molecule has 1 amide bonds. The van der Waals surface area contributed by atoms with E-state index in [9.17, 15) is 14.4 Å². The fourth-order valence-corrected chi connectivity index (χ4v) is 6.05. The molecule has 0 radical (unpaired) electrons. The molecule has 2 heterocycles. The van der Waals surface area contributed by atoms with Gasteiger partial charge in [-0.05, 0) is 56.3 Å². The molecule has 3 rings (SSSR count). The quantitative estimate of drug-likeness (QED) is 0.594. The fourth-order valence-electron chi connectivity index (χ4n) is 2.86. The highest BCUT2D eigenvalue weighted by molar-refractivity contribution is 9.13. The van der Waals surface area contributed by atoms with Crippen LogP contribution in [0, 0.1) is 0 Å². The fraction of sp³-hybridized carbons (Fsp3) is 0.312. The van der Waals surface area contributed by atoms with Crippen LogP contribution in [-0.4, -0.2) is 32.1 Å². The monoisotopic (exact) mass is 521 g/mol. The Hall–Kier alpha value is -1.23. The number of amides is 1. The molecule has 2 aromatic rings. The zero-order valence-corrected chi connectivity index (χ0v) is 18.5. The average Bonchev–Trinajstić information content (AvgIpc) is 3.27. The molecule has 0 saturated heterocycles. The number of hydrogen-bond donors (Lipinski definition) is 1. The predicted molar refractivity (Wildman–Crippen MR) is 106 cm³/mol. The van der Waals surface area contributed by atoms with Crippen molar-refractivity contribution in [3.05, 3.63) is 35.2 Å². The minimum absolute atomic E-state index is 0.239. The lowest BCUT2D eigenvalue weighted by Crippen LogP contribution is -2.17. The summed E-state index contributed by atoms with van der Waals surface area (Å²) in [7, 11) is 2.59.